The summed E-state index contributed by atoms with van der Waals surface area (Å²) in [6.45, 7) is 10.2. The SMILES string of the molecule is COC(=O)Nc1c(C)nc(-c2ccccc2)n(CC(=O)N[C@H](C(=O)c2nnc(C(C)(C)c3ccc(C)cn3)o2)C(C)C)c1=O. The van der Waals surface area contributed by atoms with Crippen molar-refractivity contribution in [3.05, 3.63) is 87.7 Å². The fourth-order valence-electron chi connectivity index (χ4n) is 4.47. The molecule has 0 aliphatic heterocycles. The highest BCUT2D eigenvalue weighted by atomic mass is 16.5. The third-order valence-electron chi connectivity index (χ3n) is 7.08. The number of rotatable bonds is 10. The molecule has 0 saturated carbocycles. The van der Waals surface area contributed by atoms with E-state index in [9.17, 15) is 19.2 Å². The maximum Gasteiger partial charge on any atom is 0.411 e. The van der Waals surface area contributed by atoms with E-state index in [4.69, 9.17) is 4.42 Å². The number of aromatic nitrogens is 5. The van der Waals surface area contributed by atoms with E-state index in [0.717, 1.165) is 17.2 Å². The van der Waals surface area contributed by atoms with Crippen molar-refractivity contribution in [2.75, 3.05) is 12.4 Å². The molecule has 4 rings (SSSR count). The second kappa shape index (κ2) is 13.0. The largest absolute Gasteiger partial charge is 0.453 e. The minimum absolute atomic E-state index is 0.134. The number of carbonyl (C=O) groups is 3. The van der Waals surface area contributed by atoms with Crippen LogP contribution in [0.25, 0.3) is 11.4 Å². The molecule has 2 N–H and O–H groups in total. The number of methoxy groups -OCH3 is 1. The first-order valence-corrected chi connectivity index (χ1v) is 14.0. The number of pyridine rings is 1. The summed E-state index contributed by atoms with van der Waals surface area (Å²) in [4.78, 5) is 61.4. The number of nitrogens with one attached hydrogen (secondary N) is 2. The van der Waals surface area contributed by atoms with Crippen LogP contribution >= 0.6 is 0 Å². The van der Waals surface area contributed by atoms with Gasteiger partial charge in [0.05, 0.1) is 30.0 Å². The van der Waals surface area contributed by atoms with Crippen molar-refractivity contribution in [3.63, 3.8) is 0 Å². The van der Waals surface area contributed by atoms with Crippen LogP contribution < -0.4 is 16.2 Å². The molecule has 3 heterocycles. The molecule has 0 saturated heterocycles. The number of Topliss-reactive ketones (excluding diaryl/α,β-unsaturated/α-hetero) is 1. The summed E-state index contributed by atoms with van der Waals surface area (Å²) in [7, 11) is 1.16. The average Bonchev–Trinajstić information content (AvgIpc) is 3.51. The molecule has 3 aromatic heterocycles. The van der Waals surface area contributed by atoms with Gasteiger partial charge in [-0.05, 0) is 45.2 Å². The van der Waals surface area contributed by atoms with Crippen LogP contribution in [-0.4, -0.2) is 55.7 Å². The van der Waals surface area contributed by atoms with Crippen LogP contribution in [0.15, 0.2) is 57.9 Å². The summed E-state index contributed by atoms with van der Waals surface area (Å²) in [5.41, 5.74) is 0.915. The summed E-state index contributed by atoms with van der Waals surface area (Å²) >= 11 is 0. The summed E-state index contributed by atoms with van der Waals surface area (Å²) in [5.74, 6) is -1.45. The number of anilines is 1. The van der Waals surface area contributed by atoms with Crippen molar-refractivity contribution in [1.82, 2.24) is 30.0 Å². The Bertz CT molecular complexity index is 1730. The smallest absolute Gasteiger partial charge is 0.411 e. The van der Waals surface area contributed by atoms with Crippen molar-refractivity contribution in [3.8, 4) is 11.4 Å². The second-order valence-electron chi connectivity index (χ2n) is 11.2. The minimum atomic E-state index is -1.04. The molecule has 0 unspecified atom stereocenters. The maximum atomic E-state index is 13.5. The van der Waals surface area contributed by atoms with Crippen LogP contribution in [0.4, 0.5) is 10.5 Å². The number of ketones is 1. The minimum Gasteiger partial charge on any atom is -0.453 e. The van der Waals surface area contributed by atoms with E-state index >= 15 is 0 Å². The molecular weight excluding hydrogens is 566 g/mol. The van der Waals surface area contributed by atoms with E-state index in [1.807, 2.05) is 32.9 Å². The summed E-state index contributed by atoms with van der Waals surface area (Å²) in [5, 5.41) is 13.2. The van der Waals surface area contributed by atoms with E-state index in [-0.39, 0.29) is 34.9 Å². The van der Waals surface area contributed by atoms with E-state index < -0.39 is 41.3 Å². The third kappa shape index (κ3) is 6.72. The van der Waals surface area contributed by atoms with Crippen LogP contribution in [0.1, 0.15) is 61.2 Å². The lowest BCUT2D eigenvalue weighted by Crippen LogP contribution is -2.47. The molecule has 0 radical (unpaired) electrons. The molecule has 2 amide bonds. The Morgan fingerprint density at radius 3 is 2.36 bits per heavy atom. The topological polar surface area (TPSA) is 171 Å². The van der Waals surface area contributed by atoms with Gasteiger partial charge in [0, 0.05) is 11.8 Å². The number of aryl methyl sites for hydroxylation is 2. The Labute approximate surface area is 254 Å². The Hall–Kier alpha value is -5.20. The van der Waals surface area contributed by atoms with Crippen LogP contribution in [0, 0.1) is 19.8 Å². The third-order valence-corrected chi connectivity index (χ3v) is 7.08. The van der Waals surface area contributed by atoms with Crippen LogP contribution in [0.3, 0.4) is 0 Å². The zero-order chi connectivity index (χ0) is 32.2. The van der Waals surface area contributed by atoms with Gasteiger partial charge >= 0.3 is 6.09 Å². The van der Waals surface area contributed by atoms with Gasteiger partial charge in [-0.15, -0.1) is 10.2 Å². The van der Waals surface area contributed by atoms with E-state index in [1.165, 1.54) is 0 Å². The monoisotopic (exact) mass is 601 g/mol. The number of nitrogens with zero attached hydrogens (tertiary/aromatic N) is 5. The Morgan fingerprint density at radius 2 is 1.75 bits per heavy atom. The first kappa shape index (κ1) is 31.7. The number of amides is 2. The van der Waals surface area contributed by atoms with E-state index in [2.05, 4.69) is 35.5 Å². The number of hydrogen-bond acceptors (Lipinski definition) is 10. The van der Waals surface area contributed by atoms with Crippen molar-refractivity contribution in [2.24, 2.45) is 5.92 Å². The van der Waals surface area contributed by atoms with Gasteiger partial charge in [-0.1, -0.05) is 50.2 Å². The number of hydrogen-bond donors (Lipinski definition) is 2. The average molecular weight is 602 g/mol. The number of benzene rings is 1. The number of carbonyl (C=O) groups excluding carboxylic acids is 3. The van der Waals surface area contributed by atoms with Gasteiger partial charge < -0.3 is 14.5 Å². The molecule has 0 fully saturated rings. The van der Waals surface area contributed by atoms with E-state index in [1.54, 1.807) is 57.3 Å². The van der Waals surface area contributed by atoms with Gasteiger partial charge in [-0.2, -0.15) is 0 Å². The lowest BCUT2D eigenvalue weighted by atomic mass is 9.88. The lowest BCUT2D eigenvalue weighted by molar-refractivity contribution is -0.122. The molecule has 1 aromatic carbocycles. The highest BCUT2D eigenvalue weighted by Crippen LogP contribution is 2.29. The Morgan fingerprint density at radius 1 is 1.05 bits per heavy atom. The second-order valence-corrected chi connectivity index (χ2v) is 11.2. The van der Waals surface area contributed by atoms with Crippen molar-refractivity contribution >= 4 is 23.5 Å². The molecule has 13 heteroatoms. The fourth-order valence-corrected chi connectivity index (χ4v) is 4.47. The van der Waals surface area contributed by atoms with Crippen molar-refractivity contribution in [1.29, 1.82) is 0 Å². The van der Waals surface area contributed by atoms with Crippen molar-refractivity contribution < 1.29 is 23.5 Å². The quantitative estimate of drug-likeness (QED) is 0.255. The molecule has 1 atom stereocenters. The Kier molecular flexibility index (Phi) is 9.36. The van der Waals surface area contributed by atoms with Crippen molar-refractivity contribution in [2.45, 2.75) is 59.5 Å². The molecule has 0 spiro atoms. The Balaban J connectivity index is 1.62. The number of ether oxygens (including phenoxy) is 1. The molecule has 4 aromatic rings. The van der Waals surface area contributed by atoms with Crippen LogP contribution in [-0.2, 0) is 21.5 Å². The van der Waals surface area contributed by atoms with E-state index in [0.29, 0.717) is 11.3 Å². The fraction of sp³-hybridized carbons (Fsp3) is 0.355. The first-order chi connectivity index (χ1) is 20.8. The lowest BCUT2D eigenvalue weighted by Gasteiger charge is -2.21. The zero-order valence-electron chi connectivity index (χ0n) is 25.7. The van der Waals surface area contributed by atoms with Gasteiger partial charge in [0.15, 0.2) is 0 Å². The molecule has 0 aliphatic carbocycles. The van der Waals surface area contributed by atoms with Gasteiger partial charge in [-0.25, -0.2) is 9.78 Å². The summed E-state index contributed by atoms with van der Waals surface area (Å²) in [6, 6.07) is 11.6. The predicted octanol–water partition coefficient (Wildman–Crippen LogP) is 3.83. The highest BCUT2D eigenvalue weighted by molar-refractivity contribution is 5.98. The highest BCUT2D eigenvalue weighted by Gasteiger charge is 2.35. The van der Waals surface area contributed by atoms with Crippen LogP contribution in [0.2, 0.25) is 0 Å². The zero-order valence-corrected chi connectivity index (χ0v) is 25.7. The molecule has 230 valence electrons. The normalized spacial score (nSPS) is 12.1. The standard InChI is InChI=1S/C31H35N7O6/c1-17(2)23(25(40)27-36-37-29(44-27)31(5,6)21-14-13-18(3)15-32-21)34-22(39)16-38-26(20-11-9-8-10-12-20)33-19(4)24(28(38)41)35-30(42)43-7/h8-15,17,23H,16H2,1-7H3,(H,34,39)(H,35,42)/t23-/m0/s1. The summed E-state index contributed by atoms with van der Waals surface area (Å²) in [6.07, 6.45) is 0.873. The maximum absolute atomic E-state index is 13.5. The molecule has 0 aliphatic rings. The molecular formula is C31H35N7O6. The molecule has 44 heavy (non-hydrogen) atoms. The first-order valence-electron chi connectivity index (χ1n) is 14.0. The van der Waals surface area contributed by atoms with Gasteiger partial charge in [0.2, 0.25) is 17.6 Å². The van der Waals surface area contributed by atoms with Crippen LogP contribution in [0.5, 0.6) is 0 Å². The van der Waals surface area contributed by atoms with Gasteiger partial charge in [-0.3, -0.25) is 29.3 Å². The molecule has 13 nitrogen and oxygen atoms in total. The van der Waals surface area contributed by atoms with Gasteiger partial charge in [0.1, 0.15) is 18.1 Å². The summed E-state index contributed by atoms with van der Waals surface area (Å²) < 4.78 is 11.6. The van der Waals surface area contributed by atoms with Gasteiger partial charge in [0.25, 0.3) is 11.4 Å². The predicted molar refractivity (Wildman–Crippen MR) is 161 cm³/mol. The molecule has 0 bridgehead atoms.